The molecule has 0 aromatic carbocycles. The van der Waals surface area contributed by atoms with Crippen LogP contribution in [0.15, 0.2) is 0 Å². The number of aliphatic hydroxyl groups is 10. The van der Waals surface area contributed by atoms with Gasteiger partial charge in [0, 0.05) is 0 Å². The second kappa shape index (κ2) is 13.7. The van der Waals surface area contributed by atoms with Crippen molar-refractivity contribution in [1.29, 1.82) is 0 Å². The second-order valence-electron chi connectivity index (χ2n) is 9.50. The molecule has 0 aliphatic carbocycles. The Morgan fingerprint density at radius 2 is 1.24 bits per heavy atom. The summed E-state index contributed by atoms with van der Waals surface area (Å²) in [4.78, 5) is 0. The van der Waals surface area contributed by atoms with Crippen LogP contribution in [0.25, 0.3) is 0 Å². The van der Waals surface area contributed by atoms with Gasteiger partial charge in [-0.3, -0.25) is 0 Å². The summed E-state index contributed by atoms with van der Waals surface area (Å²) in [5.74, 6) is 0. The molecule has 0 saturated carbocycles. The second-order valence-corrected chi connectivity index (χ2v) is 12.1. The summed E-state index contributed by atoms with van der Waals surface area (Å²) < 4.78 is 22.6. The Balaban J connectivity index is 1.87. The number of ether oxygens (including phenoxy) is 4. The molecule has 0 aromatic heterocycles. The minimum atomic E-state index is -1.65. The topological polar surface area (TPSA) is 239 Å². The van der Waals surface area contributed by atoms with Crippen molar-refractivity contribution in [2.75, 3.05) is 19.8 Å². The molecule has 14 nitrogen and oxygen atoms in total. The Labute approximate surface area is 222 Å². The van der Waals surface area contributed by atoms with E-state index in [9.17, 15) is 51.1 Å². The summed E-state index contributed by atoms with van der Waals surface area (Å²) in [6, 6.07) is 0. The first kappa shape index (κ1) is 31.7. The van der Waals surface area contributed by atoms with E-state index in [4.69, 9.17) is 18.9 Å². The minimum absolute atomic E-state index is 0.376. The van der Waals surface area contributed by atoms with E-state index >= 15 is 0 Å². The summed E-state index contributed by atoms with van der Waals surface area (Å²) in [6.07, 6.45) is -15.8. The number of hydrogen-bond acceptors (Lipinski definition) is 16. The monoisotopic (exact) mass is 578 g/mol. The highest BCUT2D eigenvalue weighted by molar-refractivity contribution is 8.04. The van der Waals surface area contributed by atoms with Crippen molar-refractivity contribution in [3.63, 3.8) is 0 Å². The van der Waals surface area contributed by atoms with E-state index in [0.29, 0.717) is 0 Å². The molecule has 0 bridgehead atoms. The number of hydrogen-bond donors (Lipinski definition) is 10. The number of rotatable bonds is 10. The van der Waals surface area contributed by atoms with Gasteiger partial charge in [0.1, 0.15) is 65.8 Å². The van der Waals surface area contributed by atoms with E-state index in [2.05, 4.69) is 0 Å². The Bertz CT molecular complexity index is 706. The normalized spacial score (nSPS) is 47.9. The first-order valence-corrected chi connectivity index (χ1v) is 13.8. The van der Waals surface area contributed by atoms with Crippen LogP contribution in [0.1, 0.15) is 13.8 Å². The first-order chi connectivity index (χ1) is 17.4. The fourth-order valence-corrected chi connectivity index (χ4v) is 7.75. The molecule has 3 saturated heterocycles. The van der Waals surface area contributed by atoms with E-state index in [-0.39, 0.29) is 6.10 Å². The van der Waals surface area contributed by atoms with Crippen molar-refractivity contribution in [1.82, 2.24) is 0 Å². The summed E-state index contributed by atoms with van der Waals surface area (Å²) in [6.45, 7) is 1.49. The van der Waals surface area contributed by atoms with Gasteiger partial charge in [0.25, 0.3) is 0 Å². The number of thioether (sulfide) groups is 2. The lowest BCUT2D eigenvalue weighted by Gasteiger charge is -2.47. The molecule has 3 fully saturated rings. The van der Waals surface area contributed by atoms with E-state index in [0.717, 1.165) is 23.5 Å². The summed E-state index contributed by atoms with van der Waals surface area (Å²) in [7, 11) is 0. The average molecular weight is 579 g/mol. The molecule has 0 spiro atoms. The summed E-state index contributed by atoms with van der Waals surface area (Å²) in [5.41, 5.74) is -2.41. The molecule has 3 aliphatic heterocycles. The van der Waals surface area contributed by atoms with Crippen molar-refractivity contribution in [2.45, 2.75) is 109 Å². The van der Waals surface area contributed by atoms with Gasteiger partial charge < -0.3 is 70.0 Å². The highest BCUT2D eigenvalue weighted by Gasteiger charge is 2.54. The zero-order chi connectivity index (χ0) is 27.6. The quantitative estimate of drug-likeness (QED) is 0.117. The van der Waals surface area contributed by atoms with Crippen molar-refractivity contribution in [2.24, 2.45) is 0 Å². The predicted molar refractivity (Wildman–Crippen MR) is 128 cm³/mol. The lowest BCUT2D eigenvalue weighted by molar-refractivity contribution is -0.253. The van der Waals surface area contributed by atoms with Crippen LogP contribution in [0.5, 0.6) is 0 Å². The van der Waals surface area contributed by atoms with E-state index in [1.165, 1.54) is 0 Å². The van der Waals surface area contributed by atoms with Crippen LogP contribution in [-0.4, -0.2) is 166 Å². The van der Waals surface area contributed by atoms with E-state index in [1.807, 2.05) is 0 Å². The molecule has 10 N–H and O–H groups in total. The molecule has 15 atom stereocenters. The van der Waals surface area contributed by atoms with Gasteiger partial charge in [-0.25, -0.2) is 0 Å². The van der Waals surface area contributed by atoms with Crippen LogP contribution < -0.4 is 0 Å². The lowest BCUT2D eigenvalue weighted by Crippen LogP contribution is -2.61. The molecule has 3 rings (SSSR count). The molecule has 218 valence electrons. The van der Waals surface area contributed by atoms with Gasteiger partial charge in [-0.2, -0.15) is 0 Å². The third-order valence-electron chi connectivity index (χ3n) is 6.45. The molecule has 3 heterocycles. The molecular formula is C21H38O14S2. The third kappa shape index (κ3) is 6.90. The molecule has 0 unspecified atom stereocenters. The van der Waals surface area contributed by atoms with Crippen LogP contribution in [0.3, 0.4) is 0 Å². The maximum absolute atomic E-state index is 11.2. The van der Waals surface area contributed by atoms with Crippen LogP contribution in [0, 0.1) is 0 Å². The van der Waals surface area contributed by atoms with Gasteiger partial charge in [-0.15, -0.1) is 23.5 Å². The van der Waals surface area contributed by atoms with Crippen molar-refractivity contribution in [3.05, 3.63) is 0 Å². The molecule has 0 radical (unpaired) electrons. The van der Waals surface area contributed by atoms with Gasteiger partial charge >= 0.3 is 0 Å². The summed E-state index contributed by atoms with van der Waals surface area (Å²) >= 11 is 1.74. The first-order valence-electron chi connectivity index (χ1n) is 12.0. The Hall–Kier alpha value is 0.140. The van der Waals surface area contributed by atoms with E-state index < -0.39 is 109 Å². The average Bonchev–Trinajstić information content (AvgIpc) is 3.15. The molecule has 0 aromatic rings. The Kier molecular flexibility index (Phi) is 11.7. The maximum atomic E-state index is 11.2. The molecule has 37 heavy (non-hydrogen) atoms. The molecule has 0 amide bonds. The summed E-state index contributed by atoms with van der Waals surface area (Å²) in [5, 5.41) is 99.9. The highest BCUT2D eigenvalue weighted by atomic mass is 32.2. The minimum Gasteiger partial charge on any atom is -0.394 e. The Morgan fingerprint density at radius 3 is 1.81 bits per heavy atom. The zero-order valence-corrected chi connectivity index (χ0v) is 21.9. The maximum Gasteiger partial charge on any atom is 0.185 e. The molecule has 3 aliphatic rings. The van der Waals surface area contributed by atoms with Crippen molar-refractivity contribution < 1.29 is 70.0 Å². The van der Waals surface area contributed by atoms with Crippen LogP contribution >= 0.6 is 23.5 Å². The van der Waals surface area contributed by atoms with Gasteiger partial charge in [0.05, 0.1) is 42.5 Å². The van der Waals surface area contributed by atoms with Gasteiger partial charge in [0.15, 0.2) is 6.29 Å². The SMILES string of the molecule is CC(C)O[C@H]1O[C@H](CO)[C@@H](S[C@@H]2O[C@H](CO)[C@H](O)[C@H](O)[C@H]2O)[C@H](S[C@@H]2O[C@@H]([C@H](O)CO)[C@H](O)[C@H]2O)[C@H]1O. The smallest absolute Gasteiger partial charge is 0.185 e. The van der Waals surface area contributed by atoms with Crippen LogP contribution in [-0.2, 0) is 18.9 Å². The van der Waals surface area contributed by atoms with Crippen molar-refractivity contribution in [3.8, 4) is 0 Å². The molecule has 16 heteroatoms. The van der Waals surface area contributed by atoms with Gasteiger partial charge in [-0.1, -0.05) is 0 Å². The van der Waals surface area contributed by atoms with Gasteiger partial charge in [0.2, 0.25) is 0 Å². The Morgan fingerprint density at radius 1 is 0.676 bits per heavy atom. The predicted octanol–water partition coefficient (Wildman–Crippen LogP) is -4.71. The fourth-order valence-electron chi connectivity index (χ4n) is 4.44. The lowest BCUT2D eigenvalue weighted by atomic mass is 10.0. The highest BCUT2D eigenvalue weighted by Crippen LogP contribution is 2.45. The fraction of sp³-hybridized carbons (Fsp3) is 1.00. The third-order valence-corrected chi connectivity index (χ3v) is 9.74. The largest absolute Gasteiger partial charge is 0.394 e. The van der Waals surface area contributed by atoms with Crippen molar-refractivity contribution >= 4 is 23.5 Å². The molecular weight excluding hydrogens is 540 g/mol. The standard InChI is InChI=1S/C21H38O14S2/c1-6(2)32-19-15(31)18(37-21-14(30)12(28)16(35-21)7(25)3-22)17(9(5-24)33-19)36-20-13(29)11(27)10(26)8(4-23)34-20/h6-31H,3-5H2,1-2H3/t7-,8-,9-,10+,11+,12-,13-,14-,15-,16+,17-,18-,19+,20+,21+/m1/s1. The van der Waals surface area contributed by atoms with Gasteiger partial charge in [-0.05, 0) is 13.8 Å². The van der Waals surface area contributed by atoms with E-state index in [1.54, 1.807) is 13.8 Å². The van der Waals surface area contributed by atoms with Crippen LogP contribution in [0.2, 0.25) is 0 Å². The number of aliphatic hydroxyl groups excluding tert-OH is 10. The zero-order valence-electron chi connectivity index (χ0n) is 20.3. The van der Waals surface area contributed by atoms with Crippen LogP contribution in [0.4, 0.5) is 0 Å².